The minimum atomic E-state index is -0.449. The molecule has 0 radical (unpaired) electrons. The third-order valence-electron chi connectivity index (χ3n) is 3.96. The van der Waals surface area contributed by atoms with Gasteiger partial charge in [0, 0.05) is 36.9 Å². The van der Waals surface area contributed by atoms with E-state index < -0.39 is 6.04 Å². The summed E-state index contributed by atoms with van der Waals surface area (Å²) in [5.74, 6) is 0.0493. The maximum Gasteiger partial charge on any atom is 0.240 e. The summed E-state index contributed by atoms with van der Waals surface area (Å²) in [5.41, 5.74) is 6.97. The molecule has 2 N–H and O–H groups in total. The van der Waals surface area contributed by atoms with Crippen LogP contribution in [0.15, 0.2) is 24.3 Å². The third kappa shape index (κ3) is 4.51. The number of carbonyl (C=O) groups excluding carboxylic acids is 1. The summed E-state index contributed by atoms with van der Waals surface area (Å²) < 4.78 is 0. The average molecular weight is 346 g/mol. The lowest BCUT2D eigenvalue weighted by atomic mass is 9.86. The first kappa shape index (κ1) is 19.1. The smallest absolute Gasteiger partial charge is 0.240 e. The Balaban J connectivity index is 0.00000242. The van der Waals surface area contributed by atoms with Crippen LogP contribution in [0.3, 0.4) is 0 Å². The highest BCUT2D eigenvalue weighted by Gasteiger charge is 2.32. The van der Waals surface area contributed by atoms with Crippen LogP contribution in [0.4, 0.5) is 5.69 Å². The second-order valence-electron chi connectivity index (χ2n) is 6.64. The molecule has 1 aliphatic rings. The van der Waals surface area contributed by atoms with Crippen molar-refractivity contribution >= 4 is 35.6 Å². The Morgan fingerprint density at radius 1 is 1.23 bits per heavy atom. The van der Waals surface area contributed by atoms with Crippen LogP contribution in [0.2, 0.25) is 5.02 Å². The molecule has 1 aromatic carbocycles. The van der Waals surface area contributed by atoms with E-state index in [1.807, 2.05) is 49.9 Å². The molecule has 1 amide bonds. The maximum absolute atomic E-state index is 12.4. The van der Waals surface area contributed by atoms with Crippen molar-refractivity contribution in [2.45, 2.75) is 26.8 Å². The summed E-state index contributed by atoms with van der Waals surface area (Å²) in [6.45, 7) is 9.02. The van der Waals surface area contributed by atoms with Crippen LogP contribution in [-0.4, -0.2) is 43.0 Å². The number of halogens is 2. The summed E-state index contributed by atoms with van der Waals surface area (Å²) >= 11 is 6.03. The number of hydrogen-bond acceptors (Lipinski definition) is 3. The molecule has 1 atom stereocenters. The lowest BCUT2D eigenvalue weighted by molar-refractivity contribution is -0.135. The summed E-state index contributed by atoms with van der Waals surface area (Å²) in [6, 6.07) is 7.37. The Morgan fingerprint density at radius 2 is 1.82 bits per heavy atom. The lowest BCUT2D eigenvalue weighted by Gasteiger charge is -2.39. The van der Waals surface area contributed by atoms with Gasteiger partial charge in [0.05, 0.1) is 6.04 Å². The van der Waals surface area contributed by atoms with E-state index in [9.17, 15) is 4.79 Å². The molecule has 1 aliphatic heterocycles. The van der Waals surface area contributed by atoms with Gasteiger partial charge in [0.2, 0.25) is 5.91 Å². The topological polar surface area (TPSA) is 49.6 Å². The number of hydrogen-bond donors (Lipinski definition) is 1. The lowest BCUT2D eigenvalue weighted by Crippen LogP contribution is -2.56. The van der Waals surface area contributed by atoms with Gasteiger partial charge in [-0.3, -0.25) is 4.79 Å². The number of carbonyl (C=O) groups is 1. The van der Waals surface area contributed by atoms with Gasteiger partial charge in [-0.2, -0.15) is 0 Å². The molecular formula is C16H25Cl2N3O. The quantitative estimate of drug-likeness (QED) is 0.896. The van der Waals surface area contributed by atoms with Crippen molar-refractivity contribution < 1.29 is 4.79 Å². The fraction of sp³-hybridized carbons (Fsp3) is 0.562. The Hall–Kier alpha value is -0.970. The van der Waals surface area contributed by atoms with E-state index in [0.717, 1.165) is 23.8 Å². The minimum Gasteiger partial charge on any atom is -0.368 e. The molecule has 1 heterocycles. The summed E-state index contributed by atoms with van der Waals surface area (Å²) in [6.07, 6.45) is 0. The number of amides is 1. The molecule has 0 spiro atoms. The fourth-order valence-corrected chi connectivity index (χ4v) is 2.61. The van der Waals surface area contributed by atoms with Gasteiger partial charge < -0.3 is 15.5 Å². The van der Waals surface area contributed by atoms with Crippen molar-refractivity contribution in [3.05, 3.63) is 29.3 Å². The zero-order valence-corrected chi connectivity index (χ0v) is 15.0. The average Bonchev–Trinajstić information content (AvgIpc) is 2.45. The van der Waals surface area contributed by atoms with Gasteiger partial charge in [-0.1, -0.05) is 38.4 Å². The van der Waals surface area contributed by atoms with Crippen molar-refractivity contribution in [2.75, 3.05) is 31.1 Å². The van der Waals surface area contributed by atoms with Gasteiger partial charge in [0.25, 0.3) is 0 Å². The molecule has 0 bridgehead atoms. The van der Waals surface area contributed by atoms with E-state index in [2.05, 4.69) is 4.90 Å². The van der Waals surface area contributed by atoms with Crippen LogP contribution in [0.25, 0.3) is 0 Å². The summed E-state index contributed by atoms with van der Waals surface area (Å²) in [5, 5.41) is 0.737. The van der Waals surface area contributed by atoms with Gasteiger partial charge in [-0.05, 0) is 23.6 Å². The molecule has 6 heteroatoms. The van der Waals surface area contributed by atoms with Crippen molar-refractivity contribution in [1.29, 1.82) is 0 Å². The van der Waals surface area contributed by atoms with E-state index in [0.29, 0.717) is 13.1 Å². The number of benzene rings is 1. The first-order chi connectivity index (χ1) is 9.79. The predicted molar refractivity (Wildman–Crippen MR) is 94.9 cm³/mol. The molecule has 0 aromatic heterocycles. The first-order valence-electron chi connectivity index (χ1n) is 7.34. The normalized spacial score (nSPS) is 17.0. The Morgan fingerprint density at radius 3 is 2.32 bits per heavy atom. The molecule has 0 saturated carbocycles. The minimum absolute atomic E-state index is 0. The molecule has 4 nitrogen and oxygen atoms in total. The van der Waals surface area contributed by atoms with Crippen LogP contribution < -0.4 is 10.6 Å². The predicted octanol–water partition coefficient (Wildman–Crippen LogP) is 2.78. The Labute approximate surface area is 144 Å². The van der Waals surface area contributed by atoms with E-state index in [4.69, 9.17) is 17.3 Å². The van der Waals surface area contributed by atoms with Gasteiger partial charge in [-0.25, -0.2) is 0 Å². The number of rotatable bonds is 2. The standard InChI is InChI=1S/C16H24ClN3O.ClH/c1-16(2,3)14(18)15(21)20-9-7-19(8-10-20)13-6-4-5-12(17)11-13;/h4-6,11,14H,7-10,18H2,1-3H3;1H/t14-;/m1./s1. The van der Waals surface area contributed by atoms with Crippen molar-refractivity contribution in [2.24, 2.45) is 11.1 Å². The number of anilines is 1. The molecular weight excluding hydrogens is 321 g/mol. The molecule has 0 unspecified atom stereocenters. The maximum atomic E-state index is 12.4. The largest absolute Gasteiger partial charge is 0.368 e. The SMILES string of the molecule is CC(C)(C)[C@H](N)C(=O)N1CCN(c2cccc(Cl)c2)CC1.Cl. The Bertz CT molecular complexity index is 508. The van der Waals surface area contributed by atoms with Crippen molar-refractivity contribution in [3.8, 4) is 0 Å². The molecule has 1 saturated heterocycles. The van der Waals surface area contributed by atoms with E-state index in [1.165, 1.54) is 0 Å². The monoisotopic (exact) mass is 345 g/mol. The molecule has 0 aliphatic carbocycles. The number of nitrogens with zero attached hydrogens (tertiary/aromatic N) is 2. The van der Waals surface area contributed by atoms with E-state index in [1.54, 1.807) is 0 Å². The number of nitrogens with two attached hydrogens (primary N) is 1. The highest BCUT2D eigenvalue weighted by Crippen LogP contribution is 2.23. The van der Waals surface area contributed by atoms with Gasteiger partial charge in [0.1, 0.15) is 0 Å². The molecule has 1 fully saturated rings. The second-order valence-corrected chi connectivity index (χ2v) is 7.07. The van der Waals surface area contributed by atoms with Crippen molar-refractivity contribution in [1.82, 2.24) is 4.90 Å². The second kappa shape index (κ2) is 7.53. The van der Waals surface area contributed by atoms with Crippen LogP contribution in [0.1, 0.15) is 20.8 Å². The number of piperazine rings is 1. The summed E-state index contributed by atoms with van der Waals surface area (Å²) in [7, 11) is 0. The highest BCUT2D eigenvalue weighted by molar-refractivity contribution is 6.30. The van der Waals surface area contributed by atoms with Crippen molar-refractivity contribution in [3.63, 3.8) is 0 Å². The molecule has 1 aromatic rings. The van der Waals surface area contributed by atoms with Gasteiger partial charge in [-0.15, -0.1) is 12.4 Å². The Kier molecular flexibility index (Phi) is 6.53. The molecule has 2 rings (SSSR count). The van der Waals surface area contributed by atoms with E-state index >= 15 is 0 Å². The third-order valence-corrected chi connectivity index (χ3v) is 4.20. The van der Waals surface area contributed by atoms with Gasteiger partial charge >= 0.3 is 0 Å². The van der Waals surface area contributed by atoms with E-state index in [-0.39, 0.29) is 23.7 Å². The van der Waals surface area contributed by atoms with Crippen LogP contribution in [0.5, 0.6) is 0 Å². The fourth-order valence-electron chi connectivity index (χ4n) is 2.42. The zero-order chi connectivity index (χ0) is 15.6. The van der Waals surface area contributed by atoms with Crippen LogP contribution in [0, 0.1) is 5.41 Å². The highest BCUT2D eigenvalue weighted by atomic mass is 35.5. The summed E-state index contributed by atoms with van der Waals surface area (Å²) in [4.78, 5) is 16.5. The first-order valence-corrected chi connectivity index (χ1v) is 7.72. The van der Waals surface area contributed by atoms with Crippen LogP contribution in [-0.2, 0) is 4.79 Å². The zero-order valence-electron chi connectivity index (χ0n) is 13.4. The van der Waals surface area contributed by atoms with Crippen LogP contribution >= 0.6 is 24.0 Å². The molecule has 124 valence electrons. The van der Waals surface area contributed by atoms with Gasteiger partial charge in [0.15, 0.2) is 0 Å². The molecule has 22 heavy (non-hydrogen) atoms.